The van der Waals surface area contributed by atoms with Crippen molar-refractivity contribution in [3.8, 4) is 0 Å². The highest BCUT2D eigenvalue weighted by molar-refractivity contribution is 5.79. The van der Waals surface area contributed by atoms with Gasteiger partial charge in [0.25, 0.3) is 0 Å². The molecule has 0 aromatic heterocycles. The first-order valence-electron chi connectivity index (χ1n) is 7.27. The quantitative estimate of drug-likeness (QED) is 0.850. The van der Waals surface area contributed by atoms with E-state index in [1.807, 2.05) is 0 Å². The number of likely N-dealkylation sites (tertiary alicyclic amines) is 1. The number of carbonyl (C=O) groups excluding carboxylic acids is 1. The summed E-state index contributed by atoms with van der Waals surface area (Å²) in [4.78, 5) is 26.8. The minimum atomic E-state index is -0.828. The lowest BCUT2D eigenvalue weighted by Crippen LogP contribution is -2.45. The minimum absolute atomic E-state index is 0.0934. The van der Waals surface area contributed by atoms with Crippen LogP contribution in [0.4, 0.5) is 4.79 Å². The smallest absolute Gasteiger partial charge is 0.319 e. The Bertz CT molecular complexity index is 381. The summed E-state index contributed by atoms with van der Waals surface area (Å²) in [6, 6.07) is -0.0934. The number of carboxylic acids is 1. The zero-order valence-corrected chi connectivity index (χ0v) is 12.3. The van der Waals surface area contributed by atoms with E-state index in [2.05, 4.69) is 0 Å². The maximum atomic E-state index is 12.3. The Morgan fingerprint density at radius 2 is 2.20 bits per heavy atom. The molecular formula is C14H24N2O4. The van der Waals surface area contributed by atoms with Crippen LogP contribution in [0.15, 0.2) is 0 Å². The van der Waals surface area contributed by atoms with Crippen molar-refractivity contribution < 1.29 is 19.4 Å². The van der Waals surface area contributed by atoms with Crippen molar-refractivity contribution in [2.45, 2.75) is 38.7 Å². The van der Waals surface area contributed by atoms with Crippen molar-refractivity contribution in [1.82, 2.24) is 9.80 Å². The van der Waals surface area contributed by atoms with E-state index in [4.69, 9.17) is 4.74 Å². The molecule has 6 heteroatoms. The molecule has 2 aliphatic rings. The monoisotopic (exact) mass is 284 g/mol. The Morgan fingerprint density at radius 1 is 1.45 bits per heavy atom. The van der Waals surface area contributed by atoms with Crippen molar-refractivity contribution in [3.05, 3.63) is 0 Å². The first-order valence-corrected chi connectivity index (χ1v) is 7.27. The standard InChI is InChI=1S/C14H24N2O4/c1-14(12(17)18)6-7-16(10-14)13(19)15(2)9-11-5-3-4-8-20-11/h11H,3-10H2,1-2H3,(H,17,18). The van der Waals surface area contributed by atoms with E-state index in [9.17, 15) is 14.7 Å². The Balaban J connectivity index is 1.86. The molecule has 2 heterocycles. The maximum Gasteiger partial charge on any atom is 0.319 e. The van der Waals surface area contributed by atoms with Gasteiger partial charge in [-0.2, -0.15) is 0 Å². The van der Waals surface area contributed by atoms with Crippen LogP contribution in [-0.2, 0) is 9.53 Å². The summed E-state index contributed by atoms with van der Waals surface area (Å²) < 4.78 is 5.63. The second-order valence-electron chi connectivity index (χ2n) is 6.19. The molecule has 20 heavy (non-hydrogen) atoms. The molecule has 0 aliphatic carbocycles. The van der Waals surface area contributed by atoms with E-state index in [0.717, 1.165) is 25.9 Å². The molecule has 0 radical (unpaired) electrons. The van der Waals surface area contributed by atoms with Gasteiger partial charge in [0.15, 0.2) is 0 Å². The number of carboxylic acid groups (broad SMARTS) is 1. The molecule has 0 aromatic rings. The summed E-state index contributed by atoms with van der Waals surface area (Å²) in [5, 5.41) is 9.20. The van der Waals surface area contributed by atoms with Crippen LogP contribution >= 0.6 is 0 Å². The summed E-state index contributed by atoms with van der Waals surface area (Å²) in [5.74, 6) is -0.828. The van der Waals surface area contributed by atoms with Gasteiger partial charge < -0.3 is 19.6 Å². The molecule has 2 aliphatic heterocycles. The lowest BCUT2D eigenvalue weighted by atomic mass is 9.90. The Kier molecular flexibility index (Phi) is 4.52. The van der Waals surface area contributed by atoms with Gasteiger partial charge in [0.2, 0.25) is 0 Å². The van der Waals surface area contributed by atoms with Crippen molar-refractivity contribution in [2.75, 3.05) is 33.3 Å². The number of aliphatic carboxylic acids is 1. The van der Waals surface area contributed by atoms with E-state index in [1.165, 1.54) is 0 Å². The molecule has 0 spiro atoms. The van der Waals surface area contributed by atoms with E-state index < -0.39 is 11.4 Å². The normalized spacial score (nSPS) is 30.3. The highest BCUT2D eigenvalue weighted by atomic mass is 16.5. The van der Waals surface area contributed by atoms with Gasteiger partial charge >= 0.3 is 12.0 Å². The second-order valence-corrected chi connectivity index (χ2v) is 6.19. The highest BCUT2D eigenvalue weighted by Crippen LogP contribution is 2.30. The van der Waals surface area contributed by atoms with Crippen molar-refractivity contribution in [3.63, 3.8) is 0 Å². The summed E-state index contributed by atoms with van der Waals surface area (Å²) >= 11 is 0. The van der Waals surface area contributed by atoms with E-state index in [-0.39, 0.29) is 18.7 Å². The number of hydrogen-bond donors (Lipinski definition) is 1. The lowest BCUT2D eigenvalue weighted by Gasteiger charge is -2.30. The lowest BCUT2D eigenvalue weighted by molar-refractivity contribution is -0.147. The molecular weight excluding hydrogens is 260 g/mol. The molecule has 114 valence electrons. The average molecular weight is 284 g/mol. The number of carbonyl (C=O) groups is 2. The summed E-state index contributed by atoms with van der Waals surface area (Å²) in [5.41, 5.74) is -0.808. The number of ether oxygens (including phenoxy) is 1. The summed E-state index contributed by atoms with van der Waals surface area (Å²) in [7, 11) is 1.76. The third kappa shape index (κ3) is 3.23. The molecule has 0 saturated carbocycles. The Morgan fingerprint density at radius 3 is 2.75 bits per heavy atom. The molecule has 2 saturated heterocycles. The van der Waals surface area contributed by atoms with Gasteiger partial charge in [-0.25, -0.2) is 4.79 Å². The fourth-order valence-electron chi connectivity index (χ4n) is 2.88. The van der Waals surface area contributed by atoms with Gasteiger partial charge in [-0.15, -0.1) is 0 Å². The number of likely N-dealkylation sites (N-methyl/N-ethyl adjacent to an activating group) is 1. The molecule has 6 nitrogen and oxygen atoms in total. The molecule has 2 unspecified atom stereocenters. The van der Waals surface area contributed by atoms with Crippen LogP contribution in [0.3, 0.4) is 0 Å². The van der Waals surface area contributed by atoms with Gasteiger partial charge in [-0.05, 0) is 32.6 Å². The van der Waals surface area contributed by atoms with Crippen molar-refractivity contribution in [1.29, 1.82) is 0 Å². The van der Waals surface area contributed by atoms with Crippen LogP contribution in [-0.4, -0.2) is 66.3 Å². The second kappa shape index (κ2) is 5.99. The summed E-state index contributed by atoms with van der Waals surface area (Å²) in [6.45, 7) is 3.86. The predicted octanol–water partition coefficient (Wildman–Crippen LogP) is 1.40. The third-order valence-corrected chi connectivity index (χ3v) is 4.34. The van der Waals surface area contributed by atoms with E-state index >= 15 is 0 Å². The summed E-state index contributed by atoms with van der Waals surface area (Å²) in [6.07, 6.45) is 3.86. The van der Waals surface area contributed by atoms with Crippen LogP contribution in [0.1, 0.15) is 32.6 Å². The van der Waals surface area contributed by atoms with Gasteiger partial charge in [0, 0.05) is 33.3 Å². The van der Waals surface area contributed by atoms with Crippen LogP contribution in [0.5, 0.6) is 0 Å². The maximum absolute atomic E-state index is 12.3. The molecule has 2 rings (SSSR count). The predicted molar refractivity (Wildman–Crippen MR) is 73.5 cm³/mol. The van der Waals surface area contributed by atoms with Crippen LogP contribution < -0.4 is 0 Å². The number of urea groups is 1. The Labute approximate surface area is 119 Å². The minimum Gasteiger partial charge on any atom is -0.481 e. The van der Waals surface area contributed by atoms with Crippen molar-refractivity contribution >= 4 is 12.0 Å². The van der Waals surface area contributed by atoms with Gasteiger partial charge in [-0.3, -0.25) is 4.79 Å². The fraction of sp³-hybridized carbons (Fsp3) is 0.857. The Hall–Kier alpha value is -1.30. The van der Waals surface area contributed by atoms with Gasteiger partial charge in [0.05, 0.1) is 11.5 Å². The van der Waals surface area contributed by atoms with E-state index in [1.54, 1.807) is 23.8 Å². The van der Waals surface area contributed by atoms with Crippen LogP contribution in [0, 0.1) is 5.41 Å². The third-order valence-electron chi connectivity index (χ3n) is 4.34. The molecule has 2 fully saturated rings. The highest BCUT2D eigenvalue weighted by Gasteiger charge is 2.42. The fourth-order valence-corrected chi connectivity index (χ4v) is 2.88. The van der Waals surface area contributed by atoms with Crippen LogP contribution in [0.2, 0.25) is 0 Å². The molecule has 2 amide bonds. The van der Waals surface area contributed by atoms with E-state index in [0.29, 0.717) is 19.5 Å². The first kappa shape index (κ1) is 15.1. The topological polar surface area (TPSA) is 70.1 Å². The molecule has 2 atom stereocenters. The SMILES string of the molecule is CN(CC1CCCCO1)C(=O)N1CCC(C)(C(=O)O)C1. The zero-order valence-electron chi connectivity index (χ0n) is 12.3. The first-order chi connectivity index (χ1) is 9.42. The number of nitrogens with zero attached hydrogens (tertiary/aromatic N) is 2. The molecule has 0 aromatic carbocycles. The average Bonchev–Trinajstić information content (AvgIpc) is 2.83. The molecule has 1 N–H and O–H groups in total. The number of amides is 2. The largest absolute Gasteiger partial charge is 0.481 e. The van der Waals surface area contributed by atoms with Gasteiger partial charge in [0.1, 0.15) is 0 Å². The van der Waals surface area contributed by atoms with Crippen molar-refractivity contribution in [2.24, 2.45) is 5.41 Å². The van der Waals surface area contributed by atoms with Gasteiger partial charge in [-0.1, -0.05) is 0 Å². The number of hydrogen-bond acceptors (Lipinski definition) is 3. The zero-order chi connectivity index (χ0) is 14.8. The number of rotatable bonds is 3. The molecule has 0 bridgehead atoms. The van der Waals surface area contributed by atoms with Crippen LogP contribution in [0.25, 0.3) is 0 Å².